The molecule has 0 radical (unpaired) electrons. The topological polar surface area (TPSA) is 89.4 Å². The van der Waals surface area contributed by atoms with E-state index in [4.69, 9.17) is 10.2 Å². The van der Waals surface area contributed by atoms with Crippen molar-refractivity contribution in [1.82, 2.24) is 9.88 Å². The molecule has 122 valence electrons. The molecule has 0 bridgehead atoms. The molecule has 3 rings (SSSR count). The predicted octanol–water partition coefficient (Wildman–Crippen LogP) is 2.58. The van der Waals surface area contributed by atoms with Gasteiger partial charge < -0.3 is 15.1 Å². The van der Waals surface area contributed by atoms with Gasteiger partial charge in [-0.3, -0.25) is 9.59 Å². The van der Waals surface area contributed by atoms with Gasteiger partial charge in [0.25, 0.3) is 5.91 Å². The Hall–Kier alpha value is -2.15. The van der Waals surface area contributed by atoms with Crippen LogP contribution in [0.5, 0.6) is 0 Å². The van der Waals surface area contributed by atoms with E-state index in [1.165, 1.54) is 11.3 Å². The van der Waals surface area contributed by atoms with E-state index < -0.39 is 5.91 Å². The average molecular weight is 333 g/mol. The quantitative estimate of drug-likeness (QED) is 0.910. The first kappa shape index (κ1) is 15.7. The second-order valence-electron chi connectivity index (χ2n) is 5.74. The normalized spacial score (nSPS) is 15.0. The molecule has 1 aliphatic rings. The van der Waals surface area contributed by atoms with Crippen molar-refractivity contribution < 1.29 is 14.0 Å². The Morgan fingerprint density at radius 2 is 2.17 bits per heavy atom. The lowest BCUT2D eigenvalue weighted by Gasteiger charge is -2.27. The molecule has 2 aromatic rings. The summed E-state index contributed by atoms with van der Waals surface area (Å²) < 4.78 is 5.34. The van der Waals surface area contributed by atoms with Gasteiger partial charge in [0.1, 0.15) is 5.69 Å². The van der Waals surface area contributed by atoms with E-state index in [0.29, 0.717) is 16.5 Å². The molecule has 7 heteroatoms. The van der Waals surface area contributed by atoms with Gasteiger partial charge in [0.05, 0.1) is 12.8 Å². The second-order valence-corrected chi connectivity index (χ2v) is 6.94. The highest BCUT2D eigenvalue weighted by molar-refractivity contribution is 7.15. The lowest BCUT2D eigenvalue weighted by molar-refractivity contribution is -0.119. The number of amides is 2. The lowest BCUT2D eigenvalue weighted by atomic mass is 10.2. The van der Waals surface area contributed by atoms with Crippen LogP contribution in [0.4, 0.5) is 0 Å². The van der Waals surface area contributed by atoms with E-state index in [1.807, 2.05) is 13.0 Å². The Bertz CT molecular complexity index is 702. The fourth-order valence-electron chi connectivity index (χ4n) is 2.99. The van der Waals surface area contributed by atoms with E-state index in [-0.39, 0.29) is 18.5 Å². The largest absolute Gasteiger partial charge is 0.462 e. The fraction of sp³-hybridized carbons (Fsp3) is 0.438. The minimum atomic E-state index is -0.496. The number of aryl methyl sites for hydroxylation is 1. The third-order valence-electron chi connectivity index (χ3n) is 4.08. The maximum Gasteiger partial charge on any atom is 0.274 e. The summed E-state index contributed by atoms with van der Waals surface area (Å²) in [5.41, 5.74) is 5.72. The molecule has 1 fully saturated rings. The highest BCUT2D eigenvalue weighted by Gasteiger charge is 2.31. The monoisotopic (exact) mass is 333 g/mol. The number of hydrogen-bond donors (Lipinski definition) is 1. The minimum absolute atomic E-state index is 0.0590. The van der Waals surface area contributed by atoms with Gasteiger partial charge in [0.15, 0.2) is 10.8 Å². The summed E-state index contributed by atoms with van der Waals surface area (Å²) in [5.74, 6) is -0.0777. The number of rotatable bonds is 5. The number of aromatic nitrogens is 1. The summed E-state index contributed by atoms with van der Waals surface area (Å²) in [7, 11) is 0. The standard InChI is InChI=1S/C16H19N3O3S/c1-10-14(18-15(23-10)12-7-4-8-22-12)16(21)19(9-13(17)20)11-5-2-3-6-11/h4,7-8,11H,2-3,5-6,9H2,1H3,(H2,17,20). The van der Waals surface area contributed by atoms with Gasteiger partial charge in [-0.25, -0.2) is 4.98 Å². The van der Waals surface area contributed by atoms with Crippen LogP contribution in [-0.4, -0.2) is 34.3 Å². The first-order valence-electron chi connectivity index (χ1n) is 7.67. The van der Waals surface area contributed by atoms with Crippen molar-refractivity contribution in [2.75, 3.05) is 6.54 Å². The molecule has 0 atom stereocenters. The van der Waals surface area contributed by atoms with Crippen LogP contribution in [0.25, 0.3) is 10.8 Å². The molecule has 2 amide bonds. The second kappa shape index (κ2) is 6.54. The molecular weight excluding hydrogens is 314 g/mol. The van der Waals surface area contributed by atoms with Crippen molar-refractivity contribution in [2.24, 2.45) is 5.73 Å². The molecule has 0 aromatic carbocycles. The zero-order chi connectivity index (χ0) is 16.4. The molecule has 0 spiro atoms. The van der Waals surface area contributed by atoms with E-state index in [2.05, 4.69) is 4.98 Å². The molecule has 2 aromatic heterocycles. The average Bonchev–Trinajstić information content (AvgIpc) is 3.24. The van der Waals surface area contributed by atoms with E-state index in [0.717, 1.165) is 30.6 Å². The zero-order valence-electron chi connectivity index (χ0n) is 12.9. The Morgan fingerprint density at radius 1 is 1.43 bits per heavy atom. The third-order valence-corrected chi connectivity index (χ3v) is 5.07. The van der Waals surface area contributed by atoms with Crippen LogP contribution < -0.4 is 5.73 Å². The molecule has 2 heterocycles. The van der Waals surface area contributed by atoms with Crippen molar-refractivity contribution in [3.05, 3.63) is 29.0 Å². The lowest BCUT2D eigenvalue weighted by Crippen LogP contribution is -2.44. The first-order chi connectivity index (χ1) is 11.1. The molecule has 1 aliphatic carbocycles. The summed E-state index contributed by atoms with van der Waals surface area (Å²) in [6.45, 7) is 1.80. The number of furan rings is 1. The van der Waals surface area contributed by atoms with Crippen LogP contribution in [0.15, 0.2) is 22.8 Å². The highest BCUT2D eigenvalue weighted by atomic mass is 32.1. The van der Waals surface area contributed by atoms with Gasteiger partial charge in [-0.05, 0) is 31.9 Å². The van der Waals surface area contributed by atoms with Crippen LogP contribution in [0, 0.1) is 6.92 Å². The summed E-state index contributed by atoms with van der Waals surface area (Å²) in [6.07, 6.45) is 5.54. The predicted molar refractivity (Wildman–Crippen MR) is 87.0 cm³/mol. The summed E-state index contributed by atoms with van der Waals surface area (Å²) in [4.78, 5) is 31.1. The van der Waals surface area contributed by atoms with E-state index in [1.54, 1.807) is 17.2 Å². The molecule has 6 nitrogen and oxygen atoms in total. The van der Waals surface area contributed by atoms with Crippen LogP contribution >= 0.6 is 11.3 Å². The van der Waals surface area contributed by atoms with Gasteiger partial charge in [-0.2, -0.15) is 0 Å². The van der Waals surface area contributed by atoms with E-state index in [9.17, 15) is 9.59 Å². The number of nitrogens with two attached hydrogens (primary N) is 1. The Balaban J connectivity index is 1.89. The molecule has 23 heavy (non-hydrogen) atoms. The molecule has 1 saturated carbocycles. The van der Waals surface area contributed by atoms with E-state index >= 15 is 0 Å². The number of nitrogens with zero attached hydrogens (tertiary/aromatic N) is 2. The maximum absolute atomic E-state index is 12.9. The van der Waals surface area contributed by atoms with Crippen molar-refractivity contribution >= 4 is 23.2 Å². The van der Waals surface area contributed by atoms with Gasteiger partial charge in [-0.1, -0.05) is 12.8 Å². The van der Waals surface area contributed by atoms with Gasteiger partial charge >= 0.3 is 0 Å². The Labute approximate surface area is 138 Å². The third kappa shape index (κ3) is 3.29. The Morgan fingerprint density at radius 3 is 2.78 bits per heavy atom. The Kier molecular flexibility index (Phi) is 4.47. The van der Waals surface area contributed by atoms with Crippen molar-refractivity contribution in [3.63, 3.8) is 0 Å². The number of carbonyl (C=O) groups is 2. The minimum Gasteiger partial charge on any atom is -0.462 e. The SMILES string of the molecule is Cc1sc(-c2ccco2)nc1C(=O)N(CC(N)=O)C1CCCC1. The van der Waals surface area contributed by atoms with Crippen molar-refractivity contribution in [2.45, 2.75) is 38.6 Å². The van der Waals surface area contributed by atoms with Gasteiger partial charge in [-0.15, -0.1) is 11.3 Å². The van der Waals surface area contributed by atoms with Crippen LogP contribution in [0.1, 0.15) is 41.0 Å². The number of primary amides is 1. The van der Waals surface area contributed by atoms with Gasteiger partial charge in [0.2, 0.25) is 5.91 Å². The number of thiazole rings is 1. The molecular formula is C16H19N3O3S. The van der Waals surface area contributed by atoms with Crippen LogP contribution in [0.3, 0.4) is 0 Å². The summed E-state index contributed by atoms with van der Waals surface area (Å²) in [5, 5.41) is 0.668. The maximum atomic E-state index is 12.9. The summed E-state index contributed by atoms with van der Waals surface area (Å²) >= 11 is 1.41. The summed E-state index contributed by atoms with van der Waals surface area (Å²) in [6, 6.07) is 3.67. The van der Waals surface area contributed by atoms with Crippen molar-refractivity contribution in [3.8, 4) is 10.8 Å². The van der Waals surface area contributed by atoms with Crippen LogP contribution in [0.2, 0.25) is 0 Å². The highest BCUT2D eigenvalue weighted by Crippen LogP contribution is 2.30. The van der Waals surface area contributed by atoms with Gasteiger partial charge in [0, 0.05) is 10.9 Å². The molecule has 2 N–H and O–H groups in total. The molecule has 0 aliphatic heterocycles. The fourth-order valence-corrected chi connectivity index (χ4v) is 3.86. The number of hydrogen-bond acceptors (Lipinski definition) is 5. The van der Waals surface area contributed by atoms with Crippen molar-refractivity contribution in [1.29, 1.82) is 0 Å². The number of carbonyl (C=O) groups excluding carboxylic acids is 2. The molecule has 0 unspecified atom stereocenters. The zero-order valence-corrected chi connectivity index (χ0v) is 13.8. The molecule has 0 saturated heterocycles. The van der Waals surface area contributed by atoms with Crippen LogP contribution in [-0.2, 0) is 4.79 Å². The first-order valence-corrected chi connectivity index (χ1v) is 8.48. The smallest absolute Gasteiger partial charge is 0.274 e.